The lowest BCUT2D eigenvalue weighted by molar-refractivity contribution is 0.399. The number of hydrogen-bond acceptors (Lipinski definition) is 3. The monoisotopic (exact) mass is 262 g/mol. The third kappa shape index (κ3) is 4.13. The normalized spacial score (nSPS) is 16.6. The number of hydrogen-bond donors (Lipinski definition) is 1. The number of nitrogens with zero attached hydrogens (tertiary/aromatic N) is 1. The molecule has 1 aliphatic rings. The van der Waals surface area contributed by atoms with E-state index < -0.39 is 0 Å². The largest absolute Gasteiger partial charge is 0.495 e. The van der Waals surface area contributed by atoms with E-state index in [1.54, 1.807) is 7.11 Å². The molecule has 106 valence electrons. The van der Waals surface area contributed by atoms with Gasteiger partial charge in [0.15, 0.2) is 0 Å². The molecule has 1 aromatic carbocycles. The highest BCUT2D eigenvalue weighted by Gasteiger charge is 2.15. The van der Waals surface area contributed by atoms with Crippen molar-refractivity contribution in [3.05, 3.63) is 23.8 Å². The van der Waals surface area contributed by atoms with Crippen LogP contribution in [0.15, 0.2) is 18.2 Å². The standard InChI is InChI=1S/C16H26N2O/c1-18(2)12-13-9-10-16(19-3)15(11-13)17-14-7-5-4-6-8-14/h9-11,14,17H,4-8,12H2,1-3H3. The summed E-state index contributed by atoms with van der Waals surface area (Å²) in [6.07, 6.45) is 6.63. The first kappa shape index (κ1) is 14.2. The molecule has 1 saturated carbocycles. The minimum absolute atomic E-state index is 0.609. The summed E-state index contributed by atoms with van der Waals surface area (Å²) in [7, 11) is 5.93. The molecular weight excluding hydrogens is 236 g/mol. The Kier molecular flexibility index (Phi) is 5.08. The van der Waals surface area contributed by atoms with Crippen LogP contribution in [0.4, 0.5) is 5.69 Å². The summed E-state index contributed by atoms with van der Waals surface area (Å²) in [4.78, 5) is 2.19. The van der Waals surface area contributed by atoms with Crippen LogP contribution in [0.2, 0.25) is 0 Å². The second-order valence-corrected chi connectivity index (χ2v) is 5.75. The molecule has 2 rings (SSSR count). The second kappa shape index (κ2) is 6.80. The minimum atomic E-state index is 0.609. The van der Waals surface area contributed by atoms with Crippen molar-refractivity contribution in [2.24, 2.45) is 0 Å². The fraction of sp³-hybridized carbons (Fsp3) is 0.625. The van der Waals surface area contributed by atoms with Gasteiger partial charge in [-0.1, -0.05) is 25.3 Å². The van der Waals surface area contributed by atoms with E-state index in [-0.39, 0.29) is 0 Å². The van der Waals surface area contributed by atoms with Gasteiger partial charge in [0, 0.05) is 12.6 Å². The Labute approximate surface area is 116 Å². The van der Waals surface area contributed by atoms with Crippen molar-refractivity contribution in [3.63, 3.8) is 0 Å². The molecule has 0 bridgehead atoms. The van der Waals surface area contributed by atoms with Gasteiger partial charge in [-0.05, 0) is 44.6 Å². The highest BCUT2D eigenvalue weighted by molar-refractivity contribution is 5.58. The van der Waals surface area contributed by atoms with E-state index in [0.29, 0.717) is 6.04 Å². The molecule has 1 aliphatic carbocycles. The average Bonchev–Trinajstić information content (AvgIpc) is 2.39. The highest BCUT2D eigenvalue weighted by Crippen LogP contribution is 2.29. The molecule has 1 fully saturated rings. The summed E-state index contributed by atoms with van der Waals surface area (Å²) < 4.78 is 5.47. The topological polar surface area (TPSA) is 24.5 Å². The van der Waals surface area contributed by atoms with E-state index in [0.717, 1.165) is 18.0 Å². The molecule has 0 amide bonds. The van der Waals surface area contributed by atoms with Gasteiger partial charge in [-0.15, -0.1) is 0 Å². The molecule has 0 spiro atoms. The van der Waals surface area contributed by atoms with Crippen LogP contribution in [0.1, 0.15) is 37.7 Å². The lowest BCUT2D eigenvalue weighted by atomic mass is 9.95. The fourth-order valence-corrected chi connectivity index (χ4v) is 2.80. The zero-order chi connectivity index (χ0) is 13.7. The van der Waals surface area contributed by atoms with Crippen molar-refractivity contribution < 1.29 is 4.74 Å². The van der Waals surface area contributed by atoms with Gasteiger partial charge in [0.1, 0.15) is 5.75 Å². The molecule has 1 N–H and O–H groups in total. The molecular formula is C16H26N2O. The number of ether oxygens (including phenoxy) is 1. The molecule has 0 aliphatic heterocycles. The van der Waals surface area contributed by atoms with Gasteiger partial charge in [-0.25, -0.2) is 0 Å². The van der Waals surface area contributed by atoms with Gasteiger partial charge in [0.25, 0.3) is 0 Å². The molecule has 0 atom stereocenters. The Balaban J connectivity index is 2.10. The van der Waals surface area contributed by atoms with E-state index in [1.165, 1.54) is 37.7 Å². The van der Waals surface area contributed by atoms with Crippen LogP contribution >= 0.6 is 0 Å². The summed E-state index contributed by atoms with van der Waals surface area (Å²) in [5.74, 6) is 0.952. The van der Waals surface area contributed by atoms with Crippen LogP contribution in [-0.4, -0.2) is 32.1 Å². The van der Waals surface area contributed by atoms with Gasteiger partial charge in [-0.2, -0.15) is 0 Å². The van der Waals surface area contributed by atoms with Gasteiger partial charge in [-0.3, -0.25) is 0 Å². The minimum Gasteiger partial charge on any atom is -0.495 e. The first-order chi connectivity index (χ1) is 9.19. The maximum atomic E-state index is 5.47. The smallest absolute Gasteiger partial charge is 0.141 e. The van der Waals surface area contributed by atoms with Crippen molar-refractivity contribution in [2.45, 2.75) is 44.7 Å². The molecule has 19 heavy (non-hydrogen) atoms. The average molecular weight is 262 g/mol. The zero-order valence-corrected chi connectivity index (χ0v) is 12.4. The number of nitrogens with one attached hydrogen (secondary N) is 1. The van der Waals surface area contributed by atoms with Gasteiger partial charge in [0.2, 0.25) is 0 Å². The summed E-state index contributed by atoms with van der Waals surface area (Å²) in [6.45, 7) is 0.962. The highest BCUT2D eigenvalue weighted by atomic mass is 16.5. The third-order valence-electron chi connectivity index (χ3n) is 3.73. The Bertz CT molecular complexity index is 398. The van der Waals surface area contributed by atoms with Gasteiger partial charge < -0.3 is 15.0 Å². The van der Waals surface area contributed by atoms with Crippen LogP contribution < -0.4 is 10.1 Å². The number of rotatable bonds is 5. The predicted octanol–water partition coefficient (Wildman–Crippen LogP) is 3.50. The maximum absolute atomic E-state index is 5.47. The lowest BCUT2D eigenvalue weighted by Gasteiger charge is -2.25. The van der Waals surface area contributed by atoms with E-state index in [2.05, 4.69) is 42.5 Å². The summed E-state index contributed by atoms with van der Waals surface area (Å²) >= 11 is 0. The molecule has 3 nitrogen and oxygen atoms in total. The van der Waals surface area contributed by atoms with Crippen LogP contribution in [0.3, 0.4) is 0 Å². The molecule has 3 heteroatoms. The molecule has 0 saturated heterocycles. The van der Waals surface area contributed by atoms with Crippen molar-refractivity contribution in [1.29, 1.82) is 0 Å². The molecule has 0 heterocycles. The first-order valence-corrected chi connectivity index (χ1v) is 7.27. The summed E-state index contributed by atoms with van der Waals surface area (Å²) in [6, 6.07) is 7.06. The van der Waals surface area contributed by atoms with Gasteiger partial charge >= 0.3 is 0 Å². The molecule has 0 radical (unpaired) electrons. The van der Waals surface area contributed by atoms with Crippen molar-refractivity contribution >= 4 is 5.69 Å². The van der Waals surface area contributed by atoms with E-state index >= 15 is 0 Å². The van der Waals surface area contributed by atoms with E-state index in [9.17, 15) is 0 Å². The fourth-order valence-electron chi connectivity index (χ4n) is 2.80. The number of benzene rings is 1. The Hall–Kier alpha value is -1.22. The summed E-state index contributed by atoms with van der Waals surface area (Å²) in [5.41, 5.74) is 2.47. The van der Waals surface area contributed by atoms with Gasteiger partial charge in [0.05, 0.1) is 12.8 Å². The Morgan fingerprint density at radius 3 is 2.58 bits per heavy atom. The molecule has 1 aromatic rings. The maximum Gasteiger partial charge on any atom is 0.141 e. The quantitative estimate of drug-likeness (QED) is 0.879. The summed E-state index contributed by atoms with van der Waals surface area (Å²) in [5, 5.41) is 3.67. The SMILES string of the molecule is COc1ccc(CN(C)C)cc1NC1CCCCC1. The van der Waals surface area contributed by atoms with Crippen molar-refractivity contribution in [3.8, 4) is 5.75 Å². The molecule has 0 unspecified atom stereocenters. The van der Waals surface area contributed by atoms with Crippen molar-refractivity contribution in [2.75, 3.05) is 26.5 Å². The zero-order valence-electron chi connectivity index (χ0n) is 12.4. The Morgan fingerprint density at radius 1 is 1.21 bits per heavy atom. The van der Waals surface area contributed by atoms with Crippen LogP contribution in [0.25, 0.3) is 0 Å². The van der Waals surface area contributed by atoms with Crippen LogP contribution in [-0.2, 0) is 6.54 Å². The lowest BCUT2D eigenvalue weighted by Crippen LogP contribution is -2.22. The van der Waals surface area contributed by atoms with E-state index in [4.69, 9.17) is 4.74 Å². The molecule has 0 aromatic heterocycles. The third-order valence-corrected chi connectivity index (χ3v) is 3.73. The first-order valence-electron chi connectivity index (χ1n) is 7.27. The predicted molar refractivity (Wildman–Crippen MR) is 80.9 cm³/mol. The number of anilines is 1. The van der Waals surface area contributed by atoms with E-state index in [1.807, 2.05) is 0 Å². The van der Waals surface area contributed by atoms with Crippen LogP contribution in [0, 0.1) is 0 Å². The van der Waals surface area contributed by atoms with Crippen LogP contribution in [0.5, 0.6) is 5.75 Å². The second-order valence-electron chi connectivity index (χ2n) is 5.75. The number of methoxy groups -OCH3 is 1. The Morgan fingerprint density at radius 2 is 1.95 bits per heavy atom. The van der Waals surface area contributed by atoms with Crippen molar-refractivity contribution in [1.82, 2.24) is 4.90 Å².